The summed E-state index contributed by atoms with van der Waals surface area (Å²) < 4.78 is 0. The molecule has 102 valence electrons. The summed E-state index contributed by atoms with van der Waals surface area (Å²) in [5.41, 5.74) is 1.30. The lowest BCUT2D eigenvalue weighted by molar-refractivity contribution is 0.469. The zero-order valence-corrected chi connectivity index (χ0v) is 12.8. The van der Waals surface area contributed by atoms with Gasteiger partial charge in [0.1, 0.15) is 5.01 Å². The van der Waals surface area contributed by atoms with E-state index in [1.807, 2.05) is 11.3 Å². The van der Waals surface area contributed by atoms with Crippen LogP contribution < -0.4 is 5.32 Å². The Balaban J connectivity index is 2.00. The highest BCUT2D eigenvalue weighted by molar-refractivity contribution is 7.11. The van der Waals surface area contributed by atoms with E-state index in [9.17, 15) is 0 Å². The van der Waals surface area contributed by atoms with Crippen LogP contribution in [-0.4, -0.2) is 11.0 Å². The molecule has 0 radical (unpaired) electrons. The summed E-state index contributed by atoms with van der Waals surface area (Å²) in [5.74, 6) is 0. The van der Waals surface area contributed by atoms with Crippen molar-refractivity contribution in [1.29, 1.82) is 0 Å². The fraction of sp³-hybridized carbons (Fsp3) is 0.800. The molecule has 1 aliphatic carbocycles. The van der Waals surface area contributed by atoms with Crippen LogP contribution in [0.25, 0.3) is 0 Å². The highest BCUT2D eigenvalue weighted by atomic mass is 32.1. The third kappa shape index (κ3) is 3.79. The number of hydrogen-bond acceptors (Lipinski definition) is 3. The van der Waals surface area contributed by atoms with E-state index in [1.54, 1.807) is 0 Å². The molecule has 2 rings (SSSR count). The molecule has 0 amide bonds. The second-order valence-corrected chi connectivity index (χ2v) is 6.63. The zero-order chi connectivity index (χ0) is 13.0. The first-order chi connectivity index (χ1) is 8.74. The van der Waals surface area contributed by atoms with Gasteiger partial charge in [0.25, 0.3) is 0 Å². The predicted octanol–water partition coefficient (Wildman–Crippen LogP) is 4.39. The van der Waals surface area contributed by atoms with Gasteiger partial charge in [0, 0.05) is 10.9 Å². The molecule has 0 aliphatic heterocycles. The molecule has 1 unspecified atom stereocenters. The fourth-order valence-electron chi connectivity index (χ4n) is 2.34. The minimum absolute atomic E-state index is 0.507. The summed E-state index contributed by atoms with van der Waals surface area (Å²) in [6, 6.07) is 1.28. The first kappa shape index (κ1) is 14.0. The van der Waals surface area contributed by atoms with Gasteiger partial charge in [-0.3, -0.25) is 0 Å². The largest absolute Gasteiger partial charge is 0.305 e. The summed E-state index contributed by atoms with van der Waals surface area (Å²) in [5, 5.41) is 5.10. The highest BCUT2D eigenvalue weighted by Crippen LogP contribution is 2.31. The second kappa shape index (κ2) is 6.67. The zero-order valence-electron chi connectivity index (χ0n) is 12.0. The maximum atomic E-state index is 4.84. The van der Waals surface area contributed by atoms with Crippen molar-refractivity contribution in [3.8, 4) is 0 Å². The SMILES string of the molecule is CCCCCC(NC1CC1)c1nc(CC)c(C)s1. The van der Waals surface area contributed by atoms with Crippen LogP contribution in [0, 0.1) is 6.92 Å². The summed E-state index contributed by atoms with van der Waals surface area (Å²) in [4.78, 5) is 6.25. The monoisotopic (exact) mass is 266 g/mol. The maximum Gasteiger partial charge on any atom is 0.110 e. The van der Waals surface area contributed by atoms with Gasteiger partial charge >= 0.3 is 0 Å². The van der Waals surface area contributed by atoms with Gasteiger partial charge in [0.2, 0.25) is 0 Å². The molecule has 1 aliphatic rings. The second-order valence-electron chi connectivity index (χ2n) is 5.40. The van der Waals surface area contributed by atoms with Crippen molar-refractivity contribution < 1.29 is 0 Å². The van der Waals surface area contributed by atoms with Crippen LogP contribution in [0.1, 0.15) is 74.0 Å². The van der Waals surface area contributed by atoms with E-state index in [4.69, 9.17) is 4.98 Å². The van der Waals surface area contributed by atoms with Crippen molar-refractivity contribution in [2.75, 3.05) is 0 Å². The van der Waals surface area contributed by atoms with E-state index < -0.39 is 0 Å². The normalized spacial score (nSPS) is 17.1. The minimum Gasteiger partial charge on any atom is -0.305 e. The number of aromatic nitrogens is 1. The Morgan fingerprint density at radius 2 is 2.11 bits per heavy atom. The molecule has 1 atom stereocenters. The van der Waals surface area contributed by atoms with Crippen LogP contribution in [-0.2, 0) is 6.42 Å². The number of nitrogens with zero attached hydrogens (tertiary/aromatic N) is 1. The Bertz CT molecular complexity index is 369. The van der Waals surface area contributed by atoms with E-state index in [0.717, 1.165) is 12.5 Å². The van der Waals surface area contributed by atoms with E-state index in [-0.39, 0.29) is 0 Å². The van der Waals surface area contributed by atoms with Gasteiger partial charge in [0.05, 0.1) is 11.7 Å². The lowest BCUT2D eigenvalue weighted by Crippen LogP contribution is -2.23. The average Bonchev–Trinajstić information content (AvgIpc) is 3.10. The van der Waals surface area contributed by atoms with Gasteiger partial charge in [-0.2, -0.15) is 0 Å². The van der Waals surface area contributed by atoms with Gasteiger partial charge in [0.15, 0.2) is 0 Å². The lowest BCUT2D eigenvalue weighted by Gasteiger charge is -2.15. The molecule has 18 heavy (non-hydrogen) atoms. The maximum absolute atomic E-state index is 4.84. The Kier molecular flexibility index (Phi) is 5.19. The fourth-order valence-corrected chi connectivity index (χ4v) is 3.44. The van der Waals surface area contributed by atoms with Crippen molar-refractivity contribution in [3.05, 3.63) is 15.6 Å². The molecule has 1 fully saturated rings. The van der Waals surface area contributed by atoms with Crippen LogP contribution in [0.4, 0.5) is 0 Å². The molecular formula is C15H26N2S. The molecule has 0 aromatic carbocycles. The van der Waals surface area contributed by atoms with Crippen LogP contribution in [0.5, 0.6) is 0 Å². The molecule has 1 N–H and O–H groups in total. The smallest absolute Gasteiger partial charge is 0.110 e. The average molecular weight is 266 g/mol. The Morgan fingerprint density at radius 1 is 1.33 bits per heavy atom. The number of hydrogen-bond donors (Lipinski definition) is 1. The third-order valence-electron chi connectivity index (χ3n) is 3.65. The molecular weight excluding hydrogens is 240 g/mol. The van der Waals surface area contributed by atoms with E-state index in [0.29, 0.717) is 6.04 Å². The Morgan fingerprint density at radius 3 is 2.67 bits per heavy atom. The number of thiazole rings is 1. The van der Waals surface area contributed by atoms with Crippen LogP contribution in [0.2, 0.25) is 0 Å². The Labute approximate surface area is 115 Å². The quantitative estimate of drug-likeness (QED) is 0.706. The first-order valence-electron chi connectivity index (χ1n) is 7.46. The topological polar surface area (TPSA) is 24.9 Å². The minimum atomic E-state index is 0.507. The van der Waals surface area contributed by atoms with Crippen LogP contribution in [0.3, 0.4) is 0 Å². The van der Waals surface area contributed by atoms with E-state index in [1.165, 1.54) is 54.1 Å². The molecule has 3 heteroatoms. The standard InChI is InChI=1S/C15H26N2S/c1-4-6-7-8-14(16-12-9-10-12)15-17-13(5-2)11(3)18-15/h12,14,16H,4-10H2,1-3H3. The highest BCUT2D eigenvalue weighted by Gasteiger charge is 2.26. The van der Waals surface area contributed by atoms with Crippen molar-refractivity contribution in [2.24, 2.45) is 0 Å². The van der Waals surface area contributed by atoms with Crippen LogP contribution >= 0.6 is 11.3 Å². The summed E-state index contributed by atoms with van der Waals surface area (Å²) in [7, 11) is 0. The van der Waals surface area contributed by atoms with Crippen molar-refractivity contribution in [1.82, 2.24) is 10.3 Å². The number of unbranched alkanes of at least 4 members (excludes halogenated alkanes) is 2. The van der Waals surface area contributed by atoms with Gasteiger partial charge in [-0.05, 0) is 32.6 Å². The van der Waals surface area contributed by atoms with Gasteiger partial charge in [-0.15, -0.1) is 11.3 Å². The van der Waals surface area contributed by atoms with Gasteiger partial charge < -0.3 is 5.32 Å². The number of aryl methyl sites for hydroxylation is 2. The first-order valence-corrected chi connectivity index (χ1v) is 8.28. The molecule has 1 heterocycles. The lowest BCUT2D eigenvalue weighted by atomic mass is 10.1. The van der Waals surface area contributed by atoms with Gasteiger partial charge in [-0.25, -0.2) is 4.98 Å². The van der Waals surface area contributed by atoms with Crippen molar-refractivity contribution in [2.45, 2.75) is 77.8 Å². The van der Waals surface area contributed by atoms with E-state index >= 15 is 0 Å². The van der Waals surface area contributed by atoms with Gasteiger partial charge in [-0.1, -0.05) is 33.1 Å². The molecule has 1 aromatic rings. The predicted molar refractivity (Wildman–Crippen MR) is 79.3 cm³/mol. The molecule has 0 saturated heterocycles. The van der Waals surface area contributed by atoms with Crippen molar-refractivity contribution >= 4 is 11.3 Å². The summed E-state index contributed by atoms with van der Waals surface area (Å²) in [6.07, 6.45) is 8.99. The van der Waals surface area contributed by atoms with Crippen LogP contribution in [0.15, 0.2) is 0 Å². The number of nitrogens with one attached hydrogen (secondary N) is 1. The molecule has 1 aromatic heterocycles. The summed E-state index contributed by atoms with van der Waals surface area (Å²) >= 11 is 1.90. The number of rotatable bonds is 8. The molecule has 2 nitrogen and oxygen atoms in total. The molecule has 1 saturated carbocycles. The Hall–Kier alpha value is -0.410. The van der Waals surface area contributed by atoms with Crippen molar-refractivity contribution in [3.63, 3.8) is 0 Å². The summed E-state index contributed by atoms with van der Waals surface area (Å²) in [6.45, 7) is 6.68. The van der Waals surface area contributed by atoms with E-state index in [2.05, 4.69) is 26.1 Å². The molecule has 0 bridgehead atoms. The molecule has 0 spiro atoms. The third-order valence-corrected chi connectivity index (χ3v) is 4.78.